The molecule has 40 heavy (non-hydrogen) atoms. The molecule has 1 aromatic heterocycles. The summed E-state index contributed by atoms with van der Waals surface area (Å²) in [7, 11) is 1.60. The second-order valence-electron chi connectivity index (χ2n) is 10.2. The highest BCUT2D eigenvalue weighted by molar-refractivity contribution is 5.90. The van der Waals surface area contributed by atoms with Crippen LogP contribution in [0.25, 0.3) is 0 Å². The van der Waals surface area contributed by atoms with Gasteiger partial charge < -0.3 is 29.7 Å². The lowest BCUT2D eigenvalue weighted by Gasteiger charge is -2.29. The third kappa shape index (κ3) is 7.35. The summed E-state index contributed by atoms with van der Waals surface area (Å²) in [6.45, 7) is 10.0. The smallest absolute Gasteiger partial charge is 0.412 e. The molecule has 12 heteroatoms. The standard InChI is InChI=1S/C28H35N7O5/c1-18(34-37)20-17-29-26(31-23-11-10-19(16-24(23)38-5)35-12-14-39-15-13-35)33-25(20)30-21-8-6-7-9-22(21)32-27(36)40-28(2,3)4/h6-11,16-18H,12-15H2,1-5H3,(H,32,36)(H2,29,30,31,33). The highest BCUT2D eigenvalue weighted by atomic mass is 16.6. The number of nitroso groups, excluding NO2 is 1. The van der Waals surface area contributed by atoms with Crippen molar-refractivity contribution in [3.8, 4) is 5.75 Å². The third-order valence-electron chi connectivity index (χ3n) is 6.05. The van der Waals surface area contributed by atoms with Crippen LogP contribution in [0.15, 0.2) is 53.8 Å². The van der Waals surface area contributed by atoms with Crippen molar-refractivity contribution in [2.45, 2.75) is 39.3 Å². The van der Waals surface area contributed by atoms with Gasteiger partial charge >= 0.3 is 6.09 Å². The van der Waals surface area contributed by atoms with Gasteiger partial charge in [-0.05, 0) is 52.0 Å². The number of rotatable bonds is 9. The average Bonchev–Trinajstić information content (AvgIpc) is 2.93. The van der Waals surface area contributed by atoms with Gasteiger partial charge in [-0.15, -0.1) is 0 Å². The maximum Gasteiger partial charge on any atom is 0.412 e. The first-order valence-electron chi connectivity index (χ1n) is 13.0. The first-order valence-corrected chi connectivity index (χ1v) is 13.0. The number of amides is 1. The second-order valence-corrected chi connectivity index (χ2v) is 10.2. The van der Waals surface area contributed by atoms with E-state index in [1.807, 2.05) is 24.3 Å². The highest BCUT2D eigenvalue weighted by Crippen LogP contribution is 2.34. The Hall–Kier alpha value is -4.45. The van der Waals surface area contributed by atoms with Crippen LogP contribution < -0.4 is 25.6 Å². The number of nitrogens with one attached hydrogen (secondary N) is 3. The van der Waals surface area contributed by atoms with Crippen LogP contribution in [0.5, 0.6) is 5.75 Å². The molecule has 0 aliphatic carbocycles. The predicted octanol–water partition coefficient (Wildman–Crippen LogP) is 5.98. The normalized spacial score (nSPS) is 14.2. The lowest BCUT2D eigenvalue weighted by atomic mass is 10.1. The van der Waals surface area contributed by atoms with Gasteiger partial charge in [-0.1, -0.05) is 17.3 Å². The molecule has 0 saturated carbocycles. The van der Waals surface area contributed by atoms with Crippen LogP contribution in [-0.2, 0) is 9.47 Å². The summed E-state index contributed by atoms with van der Waals surface area (Å²) in [5.41, 5.74) is 2.56. The van der Waals surface area contributed by atoms with E-state index in [9.17, 15) is 9.70 Å². The van der Waals surface area contributed by atoms with Gasteiger partial charge in [-0.2, -0.15) is 9.89 Å². The van der Waals surface area contributed by atoms with Gasteiger partial charge in [0.05, 0.1) is 37.4 Å². The van der Waals surface area contributed by atoms with Crippen LogP contribution in [0, 0.1) is 4.91 Å². The number of hydrogen-bond donors (Lipinski definition) is 3. The number of hydrogen-bond acceptors (Lipinski definition) is 11. The van der Waals surface area contributed by atoms with E-state index in [1.165, 1.54) is 0 Å². The summed E-state index contributed by atoms with van der Waals surface area (Å²) >= 11 is 0. The van der Waals surface area contributed by atoms with E-state index in [0.717, 1.165) is 18.8 Å². The third-order valence-corrected chi connectivity index (χ3v) is 6.05. The number of methoxy groups -OCH3 is 1. The number of nitrogens with zero attached hydrogens (tertiary/aromatic N) is 4. The quantitative estimate of drug-likeness (QED) is 0.273. The van der Waals surface area contributed by atoms with Gasteiger partial charge in [0, 0.05) is 36.6 Å². The number of anilines is 6. The molecular weight excluding hydrogens is 514 g/mol. The van der Waals surface area contributed by atoms with E-state index in [0.29, 0.717) is 47.4 Å². The molecule has 1 aliphatic heterocycles. The fraction of sp³-hybridized carbons (Fsp3) is 0.393. The van der Waals surface area contributed by atoms with Crippen LogP contribution >= 0.6 is 0 Å². The topological polar surface area (TPSA) is 139 Å². The Morgan fingerprint density at radius 1 is 1.07 bits per heavy atom. The molecule has 1 fully saturated rings. The lowest BCUT2D eigenvalue weighted by Crippen LogP contribution is -2.36. The molecule has 3 N–H and O–H groups in total. The Balaban J connectivity index is 1.61. The van der Waals surface area contributed by atoms with Crippen molar-refractivity contribution in [2.75, 3.05) is 54.3 Å². The van der Waals surface area contributed by atoms with Gasteiger partial charge in [0.2, 0.25) is 5.95 Å². The summed E-state index contributed by atoms with van der Waals surface area (Å²) in [5.74, 6) is 1.26. The van der Waals surface area contributed by atoms with E-state index in [4.69, 9.17) is 14.2 Å². The molecule has 12 nitrogen and oxygen atoms in total. The lowest BCUT2D eigenvalue weighted by molar-refractivity contribution is 0.0636. The number of carbonyl (C=O) groups excluding carboxylic acids is 1. The molecule has 1 amide bonds. The van der Waals surface area contributed by atoms with Gasteiger partial charge in [0.1, 0.15) is 23.2 Å². The highest BCUT2D eigenvalue weighted by Gasteiger charge is 2.20. The van der Waals surface area contributed by atoms with Crippen molar-refractivity contribution < 1.29 is 19.0 Å². The van der Waals surface area contributed by atoms with Crippen molar-refractivity contribution in [3.63, 3.8) is 0 Å². The Bertz CT molecular complexity index is 1340. The number of para-hydroxylation sites is 2. The number of carbonyl (C=O) groups is 1. The van der Waals surface area contributed by atoms with Crippen LogP contribution in [-0.4, -0.2) is 55.1 Å². The number of aromatic nitrogens is 2. The van der Waals surface area contributed by atoms with Crippen molar-refractivity contribution in [3.05, 3.63) is 59.1 Å². The summed E-state index contributed by atoms with van der Waals surface area (Å²) in [4.78, 5) is 35.1. The minimum Gasteiger partial charge on any atom is -0.494 e. The molecule has 1 saturated heterocycles. The van der Waals surface area contributed by atoms with Crippen LogP contribution in [0.1, 0.15) is 39.3 Å². The van der Waals surface area contributed by atoms with E-state index in [1.54, 1.807) is 59.2 Å². The Labute approximate surface area is 233 Å². The van der Waals surface area contributed by atoms with E-state index < -0.39 is 17.7 Å². The SMILES string of the molecule is COc1cc(N2CCOCC2)ccc1Nc1ncc(C(C)N=O)c(Nc2ccccc2NC(=O)OC(C)(C)C)n1. The summed E-state index contributed by atoms with van der Waals surface area (Å²) < 4.78 is 16.5. The second kappa shape index (κ2) is 12.6. The Morgan fingerprint density at radius 3 is 2.48 bits per heavy atom. The number of morpholine rings is 1. The van der Waals surface area contributed by atoms with Crippen LogP contribution in [0.3, 0.4) is 0 Å². The first-order chi connectivity index (χ1) is 19.2. The summed E-state index contributed by atoms with van der Waals surface area (Å²) in [5, 5.41) is 12.3. The minimum atomic E-state index is -0.718. The van der Waals surface area contributed by atoms with E-state index >= 15 is 0 Å². The minimum absolute atomic E-state index is 0.277. The molecule has 212 valence electrons. The van der Waals surface area contributed by atoms with E-state index in [2.05, 4.69) is 36.0 Å². The molecule has 2 heterocycles. The number of benzene rings is 2. The first kappa shape index (κ1) is 28.6. The fourth-order valence-electron chi connectivity index (χ4n) is 4.08. The zero-order valence-corrected chi connectivity index (χ0v) is 23.4. The van der Waals surface area contributed by atoms with Crippen molar-refractivity contribution in [1.29, 1.82) is 0 Å². The summed E-state index contributed by atoms with van der Waals surface area (Å²) in [6.07, 6.45) is 0.949. The zero-order valence-electron chi connectivity index (χ0n) is 23.4. The van der Waals surface area contributed by atoms with Gasteiger partial charge in [0.15, 0.2) is 0 Å². The maximum atomic E-state index is 12.4. The molecule has 0 radical (unpaired) electrons. The number of ether oxygens (including phenoxy) is 3. The molecule has 1 unspecified atom stereocenters. The van der Waals surface area contributed by atoms with Crippen molar-refractivity contribution >= 4 is 40.6 Å². The van der Waals surface area contributed by atoms with Crippen molar-refractivity contribution in [2.24, 2.45) is 5.18 Å². The van der Waals surface area contributed by atoms with Gasteiger partial charge in [-0.25, -0.2) is 9.78 Å². The predicted molar refractivity (Wildman–Crippen MR) is 155 cm³/mol. The molecule has 4 rings (SSSR count). The van der Waals surface area contributed by atoms with Crippen molar-refractivity contribution in [1.82, 2.24) is 9.97 Å². The largest absolute Gasteiger partial charge is 0.494 e. The van der Waals surface area contributed by atoms with Gasteiger partial charge in [-0.3, -0.25) is 5.32 Å². The Kier molecular flexibility index (Phi) is 9.00. The van der Waals surface area contributed by atoms with E-state index in [-0.39, 0.29) is 5.95 Å². The molecule has 0 bridgehead atoms. The monoisotopic (exact) mass is 549 g/mol. The zero-order chi connectivity index (χ0) is 28.7. The Morgan fingerprint density at radius 2 is 1.80 bits per heavy atom. The maximum absolute atomic E-state index is 12.4. The molecular formula is C28H35N7O5. The fourth-order valence-corrected chi connectivity index (χ4v) is 4.08. The van der Waals surface area contributed by atoms with Crippen LogP contribution in [0.2, 0.25) is 0 Å². The van der Waals surface area contributed by atoms with Gasteiger partial charge in [0.25, 0.3) is 0 Å². The molecule has 2 aromatic carbocycles. The average molecular weight is 550 g/mol. The summed E-state index contributed by atoms with van der Waals surface area (Å²) in [6, 6.07) is 12.2. The van der Waals surface area contributed by atoms with Crippen LogP contribution in [0.4, 0.5) is 39.3 Å². The molecule has 0 spiro atoms. The molecule has 1 atom stereocenters. The molecule has 1 aliphatic rings. The molecule has 3 aromatic rings.